The maximum atomic E-state index is 9.52. The van der Waals surface area contributed by atoms with Crippen LogP contribution in [0.3, 0.4) is 0 Å². The van der Waals surface area contributed by atoms with Gasteiger partial charge in [0.25, 0.3) is 0 Å². The van der Waals surface area contributed by atoms with Gasteiger partial charge >= 0.3 is 0 Å². The first-order valence-electron chi connectivity index (χ1n) is 6.38. The molecule has 0 saturated carbocycles. The predicted octanol–water partition coefficient (Wildman–Crippen LogP) is 0.916. The van der Waals surface area contributed by atoms with Gasteiger partial charge in [0.2, 0.25) is 0 Å². The van der Waals surface area contributed by atoms with Gasteiger partial charge in [-0.25, -0.2) is 0 Å². The first-order chi connectivity index (χ1) is 7.81. The largest absolute Gasteiger partial charge is 0.396 e. The molecule has 0 radical (unpaired) electrons. The SMILES string of the molecule is CCCCOCC(O)CNCCCCCO. The monoisotopic (exact) mass is 233 g/mol. The fourth-order valence-electron chi connectivity index (χ4n) is 1.33. The average Bonchev–Trinajstić information content (AvgIpc) is 2.29. The normalized spacial score (nSPS) is 12.9. The van der Waals surface area contributed by atoms with Crippen molar-refractivity contribution >= 4 is 0 Å². The van der Waals surface area contributed by atoms with Crippen molar-refractivity contribution in [2.45, 2.75) is 45.1 Å². The standard InChI is InChI=1S/C12H27NO3/c1-2-3-9-16-11-12(15)10-13-7-5-4-6-8-14/h12-15H,2-11H2,1H3. The molecule has 0 bridgehead atoms. The van der Waals surface area contributed by atoms with Gasteiger partial charge in [-0.2, -0.15) is 0 Å². The predicted molar refractivity (Wildman–Crippen MR) is 65.5 cm³/mol. The Labute approximate surface area is 99.0 Å². The molecule has 0 spiro atoms. The van der Waals surface area contributed by atoms with Gasteiger partial charge in [0.1, 0.15) is 0 Å². The molecular formula is C12H27NO3. The molecule has 0 aliphatic carbocycles. The topological polar surface area (TPSA) is 61.7 Å². The van der Waals surface area contributed by atoms with E-state index in [4.69, 9.17) is 9.84 Å². The molecule has 1 atom stereocenters. The molecular weight excluding hydrogens is 206 g/mol. The first-order valence-corrected chi connectivity index (χ1v) is 6.38. The summed E-state index contributed by atoms with van der Waals surface area (Å²) in [5.41, 5.74) is 0. The highest BCUT2D eigenvalue weighted by atomic mass is 16.5. The Morgan fingerprint density at radius 1 is 1.19 bits per heavy atom. The molecule has 16 heavy (non-hydrogen) atoms. The summed E-state index contributed by atoms with van der Waals surface area (Å²) in [7, 11) is 0. The zero-order valence-corrected chi connectivity index (χ0v) is 10.5. The van der Waals surface area contributed by atoms with Gasteiger partial charge in [-0.3, -0.25) is 0 Å². The molecule has 0 aliphatic heterocycles. The lowest BCUT2D eigenvalue weighted by atomic mass is 10.2. The second-order valence-corrected chi connectivity index (χ2v) is 4.07. The van der Waals surface area contributed by atoms with Gasteiger partial charge in [-0.1, -0.05) is 13.3 Å². The highest BCUT2D eigenvalue weighted by molar-refractivity contribution is 4.58. The Kier molecular flexibility index (Phi) is 12.8. The van der Waals surface area contributed by atoms with Crippen molar-refractivity contribution in [2.75, 3.05) is 32.9 Å². The van der Waals surface area contributed by atoms with Crippen LogP contribution in [0.5, 0.6) is 0 Å². The molecule has 0 aromatic heterocycles. The number of nitrogens with one attached hydrogen (secondary N) is 1. The lowest BCUT2D eigenvalue weighted by Crippen LogP contribution is -2.31. The minimum Gasteiger partial charge on any atom is -0.396 e. The number of aliphatic hydroxyl groups excluding tert-OH is 2. The molecule has 0 saturated heterocycles. The molecule has 0 aromatic carbocycles. The molecule has 0 aliphatic rings. The van der Waals surface area contributed by atoms with Crippen LogP contribution in [0.1, 0.15) is 39.0 Å². The Bertz CT molecular complexity index is 133. The molecule has 0 fully saturated rings. The van der Waals surface area contributed by atoms with Crippen molar-refractivity contribution in [2.24, 2.45) is 0 Å². The van der Waals surface area contributed by atoms with Crippen LogP contribution in [0.2, 0.25) is 0 Å². The number of unbranched alkanes of at least 4 members (excludes halogenated alkanes) is 3. The highest BCUT2D eigenvalue weighted by Gasteiger charge is 2.02. The summed E-state index contributed by atoms with van der Waals surface area (Å²) in [5.74, 6) is 0. The van der Waals surface area contributed by atoms with E-state index in [0.29, 0.717) is 13.2 Å². The van der Waals surface area contributed by atoms with Crippen LogP contribution in [-0.4, -0.2) is 49.2 Å². The maximum Gasteiger partial charge on any atom is 0.0897 e. The van der Waals surface area contributed by atoms with E-state index in [9.17, 15) is 5.11 Å². The maximum absolute atomic E-state index is 9.52. The van der Waals surface area contributed by atoms with Crippen LogP contribution in [0.15, 0.2) is 0 Å². The van der Waals surface area contributed by atoms with E-state index in [1.807, 2.05) is 0 Å². The van der Waals surface area contributed by atoms with Crippen LogP contribution >= 0.6 is 0 Å². The van der Waals surface area contributed by atoms with E-state index >= 15 is 0 Å². The molecule has 4 heteroatoms. The zero-order chi connectivity index (χ0) is 12.1. The average molecular weight is 233 g/mol. The number of rotatable bonds is 12. The number of aliphatic hydroxyl groups is 2. The third kappa shape index (κ3) is 11.9. The summed E-state index contributed by atoms with van der Waals surface area (Å²) in [4.78, 5) is 0. The second kappa shape index (κ2) is 12.9. The first kappa shape index (κ1) is 15.8. The van der Waals surface area contributed by atoms with Crippen LogP contribution < -0.4 is 5.32 Å². The van der Waals surface area contributed by atoms with Crippen LogP contribution in [-0.2, 0) is 4.74 Å². The third-order valence-electron chi connectivity index (χ3n) is 2.34. The van der Waals surface area contributed by atoms with Crippen molar-refractivity contribution in [3.8, 4) is 0 Å². The van der Waals surface area contributed by atoms with E-state index in [1.54, 1.807) is 0 Å². The molecule has 0 aromatic rings. The zero-order valence-electron chi connectivity index (χ0n) is 10.5. The number of hydrogen-bond acceptors (Lipinski definition) is 4. The fraction of sp³-hybridized carbons (Fsp3) is 1.00. The van der Waals surface area contributed by atoms with Crippen molar-refractivity contribution in [1.29, 1.82) is 0 Å². The smallest absolute Gasteiger partial charge is 0.0897 e. The molecule has 3 N–H and O–H groups in total. The van der Waals surface area contributed by atoms with Crippen molar-refractivity contribution in [1.82, 2.24) is 5.32 Å². The van der Waals surface area contributed by atoms with Gasteiger partial charge in [-0.05, 0) is 32.2 Å². The third-order valence-corrected chi connectivity index (χ3v) is 2.34. The van der Waals surface area contributed by atoms with E-state index in [0.717, 1.165) is 45.3 Å². The van der Waals surface area contributed by atoms with Gasteiger partial charge in [0.05, 0.1) is 12.7 Å². The van der Waals surface area contributed by atoms with E-state index in [2.05, 4.69) is 12.2 Å². The van der Waals surface area contributed by atoms with Crippen molar-refractivity contribution < 1.29 is 14.9 Å². The second-order valence-electron chi connectivity index (χ2n) is 4.07. The lowest BCUT2D eigenvalue weighted by Gasteiger charge is -2.12. The fourth-order valence-corrected chi connectivity index (χ4v) is 1.33. The summed E-state index contributed by atoms with van der Waals surface area (Å²) >= 11 is 0. The molecule has 1 unspecified atom stereocenters. The quantitative estimate of drug-likeness (QED) is 0.439. The van der Waals surface area contributed by atoms with E-state index < -0.39 is 6.10 Å². The van der Waals surface area contributed by atoms with E-state index in [1.165, 1.54) is 0 Å². The summed E-state index contributed by atoms with van der Waals surface area (Å²) in [6.45, 7) is 5.03. The van der Waals surface area contributed by atoms with Crippen LogP contribution in [0.25, 0.3) is 0 Å². The molecule has 0 rings (SSSR count). The minimum atomic E-state index is -0.408. The summed E-state index contributed by atoms with van der Waals surface area (Å²) in [6.07, 6.45) is 4.72. The number of hydrogen-bond donors (Lipinski definition) is 3. The Hall–Kier alpha value is -0.160. The molecule has 4 nitrogen and oxygen atoms in total. The van der Waals surface area contributed by atoms with Gasteiger partial charge < -0.3 is 20.3 Å². The lowest BCUT2D eigenvalue weighted by molar-refractivity contribution is 0.0360. The van der Waals surface area contributed by atoms with Gasteiger partial charge in [-0.15, -0.1) is 0 Å². The summed E-state index contributed by atoms with van der Waals surface area (Å²) in [6, 6.07) is 0. The summed E-state index contributed by atoms with van der Waals surface area (Å²) in [5, 5.41) is 21.3. The van der Waals surface area contributed by atoms with Gasteiger partial charge in [0, 0.05) is 19.8 Å². The molecule has 98 valence electrons. The van der Waals surface area contributed by atoms with Crippen molar-refractivity contribution in [3.05, 3.63) is 0 Å². The molecule has 0 heterocycles. The minimum absolute atomic E-state index is 0.272. The molecule has 0 amide bonds. The van der Waals surface area contributed by atoms with Gasteiger partial charge in [0.15, 0.2) is 0 Å². The summed E-state index contributed by atoms with van der Waals surface area (Å²) < 4.78 is 5.31. The van der Waals surface area contributed by atoms with E-state index in [-0.39, 0.29) is 6.61 Å². The number of ether oxygens (including phenoxy) is 1. The van der Waals surface area contributed by atoms with Crippen LogP contribution in [0.4, 0.5) is 0 Å². The Balaban J connectivity index is 3.08. The Morgan fingerprint density at radius 2 is 2.00 bits per heavy atom. The Morgan fingerprint density at radius 3 is 2.69 bits per heavy atom. The van der Waals surface area contributed by atoms with Crippen LogP contribution in [0, 0.1) is 0 Å². The van der Waals surface area contributed by atoms with Crippen molar-refractivity contribution in [3.63, 3.8) is 0 Å². The highest BCUT2D eigenvalue weighted by Crippen LogP contribution is 1.93.